The van der Waals surface area contributed by atoms with Gasteiger partial charge in [-0.2, -0.15) is 11.3 Å². The number of thiophene rings is 1. The van der Waals surface area contributed by atoms with E-state index in [1.807, 2.05) is 16.8 Å². The molecule has 0 aromatic carbocycles. The average Bonchev–Trinajstić information content (AvgIpc) is 2.76. The molecule has 1 aliphatic rings. The number of likely N-dealkylation sites (N-methyl/N-ethyl adjacent to an activating group) is 2. The summed E-state index contributed by atoms with van der Waals surface area (Å²) in [6.45, 7) is 3.27. The first-order valence-electron chi connectivity index (χ1n) is 5.76. The largest absolute Gasteiger partial charge is 0.388 e. The van der Waals surface area contributed by atoms with Crippen molar-refractivity contribution in [1.82, 2.24) is 9.80 Å². The molecule has 1 aliphatic heterocycles. The third-order valence-corrected chi connectivity index (χ3v) is 4.10. The molecule has 0 saturated carbocycles. The highest BCUT2D eigenvalue weighted by molar-refractivity contribution is 7.07. The Labute approximate surface area is 101 Å². The highest BCUT2D eigenvalue weighted by atomic mass is 32.1. The van der Waals surface area contributed by atoms with Gasteiger partial charge < -0.3 is 14.9 Å². The Balaban J connectivity index is 1.93. The SMILES string of the molecule is CN1CCN(C)C(CC(O)c2ccsc2)C1. The van der Waals surface area contributed by atoms with Crippen LogP contribution in [-0.2, 0) is 0 Å². The molecule has 1 saturated heterocycles. The Kier molecular flexibility index (Phi) is 3.97. The van der Waals surface area contributed by atoms with Crippen molar-refractivity contribution >= 4 is 11.3 Å². The van der Waals surface area contributed by atoms with Crippen LogP contribution in [0.1, 0.15) is 18.1 Å². The van der Waals surface area contributed by atoms with Crippen molar-refractivity contribution in [2.45, 2.75) is 18.6 Å². The molecule has 0 radical (unpaired) electrons. The number of rotatable bonds is 3. The zero-order valence-electron chi connectivity index (χ0n) is 9.97. The van der Waals surface area contributed by atoms with Crippen LogP contribution in [0.4, 0.5) is 0 Å². The molecule has 0 amide bonds. The average molecular weight is 240 g/mol. The lowest BCUT2D eigenvalue weighted by Crippen LogP contribution is -2.50. The molecular formula is C12H20N2OS. The van der Waals surface area contributed by atoms with E-state index in [0.717, 1.165) is 31.6 Å². The van der Waals surface area contributed by atoms with Crippen LogP contribution in [0.3, 0.4) is 0 Å². The molecule has 2 rings (SSSR count). The lowest BCUT2D eigenvalue weighted by Gasteiger charge is -2.38. The summed E-state index contributed by atoms with van der Waals surface area (Å²) in [5.74, 6) is 0. The minimum atomic E-state index is -0.315. The molecule has 1 aromatic heterocycles. The quantitative estimate of drug-likeness (QED) is 0.865. The van der Waals surface area contributed by atoms with E-state index in [-0.39, 0.29) is 6.10 Å². The van der Waals surface area contributed by atoms with Crippen LogP contribution in [0, 0.1) is 0 Å². The summed E-state index contributed by atoms with van der Waals surface area (Å²) in [4.78, 5) is 4.70. The first-order valence-corrected chi connectivity index (χ1v) is 6.70. The van der Waals surface area contributed by atoms with Gasteiger partial charge in [-0.25, -0.2) is 0 Å². The van der Waals surface area contributed by atoms with Crippen LogP contribution < -0.4 is 0 Å². The zero-order valence-corrected chi connectivity index (χ0v) is 10.8. The topological polar surface area (TPSA) is 26.7 Å². The number of hydrogen-bond donors (Lipinski definition) is 1. The highest BCUT2D eigenvalue weighted by Crippen LogP contribution is 2.23. The van der Waals surface area contributed by atoms with Crippen molar-refractivity contribution < 1.29 is 5.11 Å². The van der Waals surface area contributed by atoms with E-state index in [1.165, 1.54) is 0 Å². The van der Waals surface area contributed by atoms with Gasteiger partial charge in [0.1, 0.15) is 0 Å². The molecule has 0 aliphatic carbocycles. The standard InChI is InChI=1S/C12H20N2OS/c1-13-4-5-14(2)11(8-13)7-12(15)10-3-6-16-9-10/h3,6,9,11-12,15H,4-5,7-8H2,1-2H3. The molecule has 1 fully saturated rings. The van der Waals surface area contributed by atoms with E-state index in [4.69, 9.17) is 0 Å². The van der Waals surface area contributed by atoms with Crippen molar-refractivity contribution in [3.8, 4) is 0 Å². The van der Waals surface area contributed by atoms with Gasteiger partial charge in [0.05, 0.1) is 6.10 Å². The second kappa shape index (κ2) is 5.27. The second-order valence-corrected chi connectivity index (χ2v) is 5.48. The van der Waals surface area contributed by atoms with Crippen LogP contribution in [0.5, 0.6) is 0 Å². The van der Waals surface area contributed by atoms with Gasteiger partial charge in [-0.05, 0) is 42.9 Å². The Hall–Kier alpha value is -0.420. The van der Waals surface area contributed by atoms with E-state index in [9.17, 15) is 5.11 Å². The number of aliphatic hydroxyl groups excluding tert-OH is 1. The molecule has 16 heavy (non-hydrogen) atoms. The molecule has 0 spiro atoms. The molecule has 1 aromatic rings. The van der Waals surface area contributed by atoms with Gasteiger partial charge in [-0.15, -0.1) is 0 Å². The van der Waals surface area contributed by atoms with E-state index < -0.39 is 0 Å². The number of aliphatic hydroxyl groups is 1. The minimum Gasteiger partial charge on any atom is -0.388 e. The lowest BCUT2D eigenvalue weighted by atomic mass is 10.0. The molecule has 0 bridgehead atoms. The van der Waals surface area contributed by atoms with Crippen LogP contribution >= 0.6 is 11.3 Å². The monoisotopic (exact) mass is 240 g/mol. The van der Waals surface area contributed by atoms with Crippen LogP contribution in [0.25, 0.3) is 0 Å². The molecule has 90 valence electrons. The third-order valence-electron chi connectivity index (χ3n) is 3.40. The Morgan fingerprint density at radius 3 is 3.00 bits per heavy atom. The first kappa shape index (κ1) is 12.0. The summed E-state index contributed by atoms with van der Waals surface area (Å²) in [7, 11) is 4.30. The van der Waals surface area contributed by atoms with Crippen molar-refractivity contribution in [1.29, 1.82) is 0 Å². The fourth-order valence-electron chi connectivity index (χ4n) is 2.21. The van der Waals surface area contributed by atoms with Gasteiger partial charge >= 0.3 is 0 Å². The number of piperazine rings is 1. The minimum absolute atomic E-state index is 0.315. The van der Waals surface area contributed by atoms with Gasteiger partial charge in [-0.1, -0.05) is 0 Å². The van der Waals surface area contributed by atoms with Crippen molar-refractivity contribution in [3.63, 3.8) is 0 Å². The summed E-state index contributed by atoms with van der Waals surface area (Å²) >= 11 is 1.65. The van der Waals surface area contributed by atoms with Crippen molar-refractivity contribution in [2.24, 2.45) is 0 Å². The van der Waals surface area contributed by atoms with Crippen molar-refractivity contribution in [2.75, 3.05) is 33.7 Å². The Morgan fingerprint density at radius 2 is 2.31 bits per heavy atom. The lowest BCUT2D eigenvalue weighted by molar-refractivity contribution is 0.0636. The summed E-state index contributed by atoms with van der Waals surface area (Å²) in [6, 6.07) is 2.48. The third kappa shape index (κ3) is 2.83. The molecule has 1 N–H and O–H groups in total. The zero-order chi connectivity index (χ0) is 11.5. The van der Waals surface area contributed by atoms with E-state index in [0.29, 0.717) is 6.04 Å². The normalized spacial score (nSPS) is 25.8. The molecule has 2 unspecified atom stereocenters. The van der Waals surface area contributed by atoms with Gasteiger partial charge in [0.15, 0.2) is 0 Å². The van der Waals surface area contributed by atoms with E-state index >= 15 is 0 Å². The predicted molar refractivity (Wildman–Crippen MR) is 67.8 cm³/mol. The molecule has 4 heteroatoms. The maximum absolute atomic E-state index is 10.1. The van der Waals surface area contributed by atoms with Crippen molar-refractivity contribution in [3.05, 3.63) is 22.4 Å². The number of nitrogens with zero attached hydrogens (tertiary/aromatic N) is 2. The highest BCUT2D eigenvalue weighted by Gasteiger charge is 2.25. The number of hydrogen-bond acceptors (Lipinski definition) is 4. The smallest absolute Gasteiger partial charge is 0.0813 e. The van der Waals surface area contributed by atoms with Crippen LogP contribution in [0.2, 0.25) is 0 Å². The Bertz CT molecular complexity index is 315. The molecule has 2 atom stereocenters. The molecule has 2 heterocycles. The van der Waals surface area contributed by atoms with Gasteiger partial charge in [-0.3, -0.25) is 0 Å². The Morgan fingerprint density at radius 1 is 1.50 bits per heavy atom. The van der Waals surface area contributed by atoms with Crippen LogP contribution in [0.15, 0.2) is 16.8 Å². The molecule has 3 nitrogen and oxygen atoms in total. The van der Waals surface area contributed by atoms with Gasteiger partial charge in [0.2, 0.25) is 0 Å². The van der Waals surface area contributed by atoms with Gasteiger partial charge in [0.25, 0.3) is 0 Å². The summed E-state index contributed by atoms with van der Waals surface area (Å²) < 4.78 is 0. The van der Waals surface area contributed by atoms with E-state index in [2.05, 4.69) is 23.9 Å². The van der Waals surface area contributed by atoms with Crippen LogP contribution in [-0.4, -0.2) is 54.7 Å². The van der Waals surface area contributed by atoms with E-state index in [1.54, 1.807) is 11.3 Å². The predicted octanol–water partition coefficient (Wildman–Crippen LogP) is 1.42. The fraction of sp³-hybridized carbons (Fsp3) is 0.667. The maximum Gasteiger partial charge on any atom is 0.0813 e. The maximum atomic E-state index is 10.1. The second-order valence-electron chi connectivity index (χ2n) is 4.70. The van der Waals surface area contributed by atoms with Gasteiger partial charge in [0, 0.05) is 25.7 Å². The molecular weight excluding hydrogens is 220 g/mol. The fourth-order valence-corrected chi connectivity index (χ4v) is 2.92. The summed E-state index contributed by atoms with van der Waals surface area (Å²) in [6.07, 6.45) is 0.516. The first-order chi connectivity index (χ1) is 7.66. The summed E-state index contributed by atoms with van der Waals surface area (Å²) in [5, 5.41) is 14.2. The summed E-state index contributed by atoms with van der Waals surface area (Å²) in [5.41, 5.74) is 1.06.